The lowest BCUT2D eigenvalue weighted by molar-refractivity contribution is -0.115. The van der Waals surface area contributed by atoms with Gasteiger partial charge in [-0.25, -0.2) is 4.98 Å². The van der Waals surface area contributed by atoms with E-state index >= 15 is 0 Å². The summed E-state index contributed by atoms with van der Waals surface area (Å²) < 4.78 is 2.01. The van der Waals surface area contributed by atoms with Crippen molar-refractivity contribution >= 4 is 28.0 Å². The van der Waals surface area contributed by atoms with Crippen molar-refractivity contribution in [2.75, 3.05) is 5.32 Å². The standard InChI is InChI=1S/C27H23N3O/c1-18-12-13-30-17-25(28-26(30)14-18)22-11-10-19(2)24(15-22)29-27(31)16-21-8-5-7-20-6-3-4-9-23(20)21/h3-15,17H,16H2,1-2H3,(H,29,31). The van der Waals surface area contributed by atoms with Gasteiger partial charge in [0.15, 0.2) is 0 Å². The van der Waals surface area contributed by atoms with Gasteiger partial charge in [-0.3, -0.25) is 4.79 Å². The monoisotopic (exact) mass is 405 g/mol. The molecule has 0 aliphatic carbocycles. The SMILES string of the molecule is Cc1ccn2cc(-c3ccc(C)c(NC(=O)Cc4cccc5ccccc45)c3)nc2c1. The molecule has 4 nitrogen and oxygen atoms in total. The highest BCUT2D eigenvalue weighted by atomic mass is 16.1. The molecule has 0 saturated carbocycles. The van der Waals surface area contributed by atoms with E-state index in [4.69, 9.17) is 4.98 Å². The Kier molecular flexibility index (Phi) is 4.75. The van der Waals surface area contributed by atoms with Crippen LogP contribution in [0, 0.1) is 13.8 Å². The lowest BCUT2D eigenvalue weighted by atomic mass is 10.0. The number of fused-ring (bicyclic) bond motifs is 2. The molecule has 0 bridgehead atoms. The van der Waals surface area contributed by atoms with E-state index in [1.54, 1.807) is 0 Å². The zero-order chi connectivity index (χ0) is 21.4. The third-order valence-electron chi connectivity index (χ3n) is 5.65. The highest BCUT2D eigenvalue weighted by molar-refractivity contribution is 5.97. The number of carbonyl (C=O) groups excluding carboxylic acids is 1. The van der Waals surface area contributed by atoms with E-state index in [1.807, 2.05) is 66.2 Å². The predicted octanol–water partition coefficient (Wildman–Crippen LogP) is 5.95. The van der Waals surface area contributed by atoms with Crippen LogP contribution >= 0.6 is 0 Å². The zero-order valence-corrected chi connectivity index (χ0v) is 17.6. The smallest absolute Gasteiger partial charge is 0.228 e. The van der Waals surface area contributed by atoms with Gasteiger partial charge in [0.05, 0.1) is 12.1 Å². The number of pyridine rings is 1. The molecule has 3 aromatic carbocycles. The number of nitrogens with zero attached hydrogens (tertiary/aromatic N) is 2. The second kappa shape index (κ2) is 7.73. The van der Waals surface area contributed by atoms with Gasteiger partial charge in [0.1, 0.15) is 5.65 Å². The van der Waals surface area contributed by atoms with Crippen molar-refractivity contribution < 1.29 is 4.79 Å². The van der Waals surface area contributed by atoms with Crippen LogP contribution in [0.2, 0.25) is 0 Å². The second-order valence-electron chi connectivity index (χ2n) is 7.99. The van der Waals surface area contributed by atoms with Crippen LogP contribution in [0.15, 0.2) is 85.2 Å². The normalized spacial score (nSPS) is 11.2. The van der Waals surface area contributed by atoms with Crippen LogP contribution < -0.4 is 5.32 Å². The van der Waals surface area contributed by atoms with Gasteiger partial charge in [-0.2, -0.15) is 0 Å². The van der Waals surface area contributed by atoms with E-state index in [9.17, 15) is 4.79 Å². The zero-order valence-electron chi connectivity index (χ0n) is 17.6. The molecule has 0 spiro atoms. The van der Waals surface area contributed by atoms with Crippen LogP contribution in [-0.2, 0) is 11.2 Å². The summed E-state index contributed by atoms with van der Waals surface area (Å²) in [6, 6.07) is 24.4. The van der Waals surface area contributed by atoms with Crippen molar-refractivity contribution in [3.05, 3.63) is 102 Å². The molecule has 152 valence electrons. The van der Waals surface area contributed by atoms with E-state index in [0.29, 0.717) is 6.42 Å². The molecule has 2 aromatic heterocycles. The number of nitrogens with one attached hydrogen (secondary N) is 1. The minimum Gasteiger partial charge on any atom is -0.326 e. The van der Waals surface area contributed by atoms with Gasteiger partial charge in [0, 0.05) is 23.6 Å². The molecule has 31 heavy (non-hydrogen) atoms. The Morgan fingerprint density at radius 1 is 0.968 bits per heavy atom. The molecule has 2 heterocycles. The first-order valence-electron chi connectivity index (χ1n) is 10.4. The first-order chi connectivity index (χ1) is 15.1. The third kappa shape index (κ3) is 3.80. The number of hydrogen-bond acceptors (Lipinski definition) is 2. The van der Waals surface area contributed by atoms with Crippen molar-refractivity contribution in [3.63, 3.8) is 0 Å². The summed E-state index contributed by atoms with van der Waals surface area (Å²) in [6.07, 6.45) is 4.36. The van der Waals surface area contributed by atoms with Gasteiger partial charge < -0.3 is 9.72 Å². The Morgan fingerprint density at radius 2 is 1.81 bits per heavy atom. The fourth-order valence-electron chi connectivity index (χ4n) is 3.95. The summed E-state index contributed by atoms with van der Waals surface area (Å²) in [7, 11) is 0. The Bertz CT molecular complexity index is 1430. The molecule has 0 unspecified atom stereocenters. The molecule has 1 N–H and O–H groups in total. The molecule has 0 fully saturated rings. The predicted molar refractivity (Wildman–Crippen MR) is 126 cm³/mol. The van der Waals surface area contributed by atoms with Gasteiger partial charge in [-0.05, 0) is 59.5 Å². The Hall–Kier alpha value is -3.92. The summed E-state index contributed by atoms with van der Waals surface area (Å²) in [5.74, 6) is -0.0257. The number of anilines is 1. The molecule has 0 atom stereocenters. The molecule has 0 aliphatic heterocycles. The summed E-state index contributed by atoms with van der Waals surface area (Å²) in [5.41, 5.74) is 6.82. The highest BCUT2D eigenvalue weighted by Gasteiger charge is 2.11. The first-order valence-corrected chi connectivity index (χ1v) is 10.4. The van der Waals surface area contributed by atoms with Crippen LogP contribution in [0.25, 0.3) is 27.7 Å². The number of benzene rings is 3. The average molecular weight is 406 g/mol. The first kappa shape index (κ1) is 19.1. The van der Waals surface area contributed by atoms with Crippen molar-refractivity contribution in [1.29, 1.82) is 0 Å². The minimum atomic E-state index is -0.0257. The molecule has 0 radical (unpaired) electrons. The van der Waals surface area contributed by atoms with Crippen molar-refractivity contribution in [2.45, 2.75) is 20.3 Å². The van der Waals surface area contributed by atoms with Crippen LogP contribution in [0.1, 0.15) is 16.7 Å². The minimum absolute atomic E-state index is 0.0257. The van der Waals surface area contributed by atoms with E-state index in [-0.39, 0.29) is 5.91 Å². The molecule has 4 heteroatoms. The van der Waals surface area contributed by atoms with Crippen LogP contribution in [0.3, 0.4) is 0 Å². The second-order valence-corrected chi connectivity index (χ2v) is 7.99. The fraction of sp³-hybridized carbons (Fsp3) is 0.111. The third-order valence-corrected chi connectivity index (χ3v) is 5.65. The Morgan fingerprint density at radius 3 is 2.71 bits per heavy atom. The van der Waals surface area contributed by atoms with Gasteiger partial charge in [0.25, 0.3) is 0 Å². The average Bonchev–Trinajstić information content (AvgIpc) is 3.19. The largest absolute Gasteiger partial charge is 0.326 e. The lowest BCUT2D eigenvalue weighted by Gasteiger charge is -2.11. The Balaban J connectivity index is 1.41. The van der Waals surface area contributed by atoms with Gasteiger partial charge in [-0.15, -0.1) is 0 Å². The molecule has 5 rings (SSSR count). The van der Waals surface area contributed by atoms with Crippen LogP contribution in [0.4, 0.5) is 5.69 Å². The summed E-state index contributed by atoms with van der Waals surface area (Å²) >= 11 is 0. The molecular formula is C27H23N3O. The maximum absolute atomic E-state index is 12.9. The summed E-state index contributed by atoms with van der Waals surface area (Å²) in [6.45, 7) is 4.06. The van der Waals surface area contributed by atoms with Gasteiger partial charge in [-0.1, -0.05) is 54.6 Å². The number of hydrogen-bond donors (Lipinski definition) is 1. The molecule has 0 aliphatic rings. The maximum atomic E-state index is 12.9. The van der Waals surface area contributed by atoms with E-state index in [1.165, 1.54) is 5.56 Å². The molecule has 5 aromatic rings. The van der Waals surface area contributed by atoms with Crippen molar-refractivity contribution in [1.82, 2.24) is 9.38 Å². The van der Waals surface area contributed by atoms with E-state index < -0.39 is 0 Å². The van der Waals surface area contributed by atoms with Crippen LogP contribution in [-0.4, -0.2) is 15.3 Å². The number of amides is 1. The van der Waals surface area contributed by atoms with Gasteiger partial charge in [0.2, 0.25) is 5.91 Å². The molecule has 1 amide bonds. The lowest BCUT2D eigenvalue weighted by Crippen LogP contribution is -2.15. The summed E-state index contributed by atoms with van der Waals surface area (Å²) in [4.78, 5) is 17.6. The number of rotatable bonds is 4. The van der Waals surface area contributed by atoms with Crippen LogP contribution in [0.5, 0.6) is 0 Å². The topological polar surface area (TPSA) is 46.4 Å². The number of aromatic nitrogens is 2. The number of carbonyl (C=O) groups is 1. The quantitative estimate of drug-likeness (QED) is 0.401. The van der Waals surface area contributed by atoms with Crippen molar-refractivity contribution in [2.24, 2.45) is 0 Å². The Labute approximate surface area is 181 Å². The van der Waals surface area contributed by atoms with E-state index in [2.05, 4.69) is 42.6 Å². The maximum Gasteiger partial charge on any atom is 0.228 e. The number of imidazole rings is 1. The van der Waals surface area contributed by atoms with E-state index in [0.717, 1.165) is 44.5 Å². The highest BCUT2D eigenvalue weighted by Crippen LogP contribution is 2.26. The molecular weight excluding hydrogens is 382 g/mol. The molecule has 0 saturated heterocycles. The number of aryl methyl sites for hydroxylation is 2. The van der Waals surface area contributed by atoms with Crippen molar-refractivity contribution in [3.8, 4) is 11.3 Å². The fourth-order valence-corrected chi connectivity index (χ4v) is 3.95. The summed E-state index contributed by atoms with van der Waals surface area (Å²) in [5, 5.41) is 5.37. The van der Waals surface area contributed by atoms with Gasteiger partial charge >= 0.3 is 0 Å².